The number of aromatic nitrogens is 3. The molecule has 1 aromatic heterocycles. The second-order valence-electron chi connectivity index (χ2n) is 10.7. The fraction of sp³-hybridized carbons (Fsp3) is 0.0741. The summed E-state index contributed by atoms with van der Waals surface area (Å²) in [6, 6.07) is 13.0. The van der Waals surface area contributed by atoms with Crippen molar-refractivity contribution in [3.63, 3.8) is 0 Å². The lowest BCUT2D eigenvalue weighted by atomic mass is 10.1. The lowest BCUT2D eigenvalue weighted by Crippen LogP contribution is -2.15. The first-order chi connectivity index (χ1) is 25.4. The molecule has 22 nitrogen and oxygen atoms in total. The first-order valence-corrected chi connectivity index (χ1v) is 22.1. The molecule has 0 unspecified atom stereocenters. The van der Waals surface area contributed by atoms with E-state index in [1.165, 1.54) is 24.3 Å². The Bertz CT molecular complexity index is 2950. The molecule has 0 amide bonds. The van der Waals surface area contributed by atoms with Crippen molar-refractivity contribution < 1.29 is 64.5 Å². The monoisotopic (exact) mass is 879 g/mol. The number of fused-ring (bicyclic) bond motifs is 1. The molecule has 0 aliphatic rings. The normalized spacial score (nSPS) is 13.0. The van der Waals surface area contributed by atoms with Crippen molar-refractivity contribution in [3.8, 4) is 0 Å². The topological polar surface area (TPSA) is 348 Å². The highest BCUT2D eigenvalue weighted by Crippen LogP contribution is 2.37. The standard InChI is InChI=1S/C27H22ClN7O15S5/c28-25-31-26(29-16-3-1-6-19(11-16)52(38,39)40)33-27(32-25)30-22-13-20(53(41,42)43)9-15-10-24(54(44,45)46)23(14-21(15)22)35-34-17-4-2-5-18(12-17)51(36,37)8-7-50-55(47,48)49/h1-6,9-14H,7-8H2,(H,38,39,40)(H,41,42,43)(H,44,45,46)(H,47,48,49)(H2,29,30,31,32,33). The van der Waals surface area contributed by atoms with Crippen LogP contribution in [-0.2, 0) is 54.8 Å². The third-order valence-electron chi connectivity index (χ3n) is 6.86. The number of sulfone groups is 1. The molecule has 0 aliphatic carbocycles. The van der Waals surface area contributed by atoms with Crippen LogP contribution in [0.2, 0.25) is 5.28 Å². The molecule has 4 aromatic carbocycles. The van der Waals surface area contributed by atoms with Crippen LogP contribution in [0, 0.1) is 0 Å². The third kappa shape index (κ3) is 10.9. The van der Waals surface area contributed by atoms with E-state index in [1.807, 2.05) is 0 Å². The summed E-state index contributed by atoms with van der Waals surface area (Å²) < 4.78 is 161. The average molecular weight is 880 g/mol. The van der Waals surface area contributed by atoms with Crippen LogP contribution in [0.3, 0.4) is 0 Å². The first kappa shape index (κ1) is 41.4. The van der Waals surface area contributed by atoms with Gasteiger partial charge in [0, 0.05) is 11.1 Å². The summed E-state index contributed by atoms with van der Waals surface area (Å²) in [7, 11) is -23.8. The Hall–Kier alpha value is -4.81. The van der Waals surface area contributed by atoms with Gasteiger partial charge in [0.15, 0.2) is 9.84 Å². The Balaban J connectivity index is 1.58. The van der Waals surface area contributed by atoms with Gasteiger partial charge < -0.3 is 10.6 Å². The average Bonchev–Trinajstić information content (AvgIpc) is 3.05. The number of nitrogens with zero attached hydrogens (tertiary/aromatic N) is 5. The van der Waals surface area contributed by atoms with Gasteiger partial charge in [0.25, 0.3) is 30.4 Å². The lowest BCUT2D eigenvalue weighted by Gasteiger charge is -2.14. The van der Waals surface area contributed by atoms with Crippen LogP contribution in [0.4, 0.5) is 34.6 Å². The molecule has 1 heterocycles. The van der Waals surface area contributed by atoms with Gasteiger partial charge in [-0.3, -0.25) is 18.2 Å². The van der Waals surface area contributed by atoms with Crippen LogP contribution in [0.15, 0.2) is 103 Å². The maximum atomic E-state index is 12.7. The quantitative estimate of drug-likeness (QED) is 0.0680. The van der Waals surface area contributed by atoms with E-state index in [9.17, 15) is 55.7 Å². The van der Waals surface area contributed by atoms with E-state index in [2.05, 4.69) is 40.0 Å². The second kappa shape index (κ2) is 15.4. The molecule has 0 saturated heterocycles. The zero-order chi connectivity index (χ0) is 40.6. The lowest BCUT2D eigenvalue weighted by molar-refractivity contribution is 0.284. The summed E-state index contributed by atoms with van der Waals surface area (Å²) in [6.45, 7) is -0.920. The highest BCUT2D eigenvalue weighted by atomic mass is 35.5. The molecule has 0 bridgehead atoms. The van der Waals surface area contributed by atoms with Crippen LogP contribution in [0.25, 0.3) is 10.8 Å². The van der Waals surface area contributed by atoms with Gasteiger partial charge in [-0.2, -0.15) is 53.7 Å². The maximum absolute atomic E-state index is 12.7. The van der Waals surface area contributed by atoms with Crippen molar-refractivity contribution in [2.24, 2.45) is 10.2 Å². The van der Waals surface area contributed by atoms with Gasteiger partial charge in [0.1, 0.15) is 10.6 Å². The molecule has 0 aliphatic heterocycles. The number of rotatable bonds is 14. The second-order valence-corrected chi connectivity index (χ2v) is 18.5. The van der Waals surface area contributed by atoms with Crippen LogP contribution in [0.5, 0.6) is 0 Å². The molecule has 28 heteroatoms. The number of hydrogen-bond acceptors (Lipinski definition) is 18. The van der Waals surface area contributed by atoms with Gasteiger partial charge in [-0.05, 0) is 77.7 Å². The van der Waals surface area contributed by atoms with Crippen molar-refractivity contribution in [2.45, 2.75) is 19.6 Å². The predicted molar refractivity (Wildman–Crippen MR) is 191 cm³/mol. The van der Waals surface area contributed by atoms with Crippen molar-refractivity contribution in [2.75, 3.05) is 23.0 Å². The smallest absolute Gasteiger partial charge is 0.324 e. The third-order valence-corrected chi connectivity index (χ3v) is 11.7. The Morgan fingerprint density at radius 3 is 1.93 bits per heavy atom. The number of hydrogen-bond donors (Lipinski definition) is 6. The summed E-state index contributed by atoms with van der Waals surface area (Å²) in [5.41, 5.74) is -0.906. The van der Waals surface area contributed by atoms with E-state index in [1.54, 1.807) is 0 Å². The van der Waals surface area contributed by atoms with Crippen molar-refractivity contribution in [1.82, 2.24) is 15.0 Å². The van der Waals surface area contributed by atoms with Crippen LogP contribution >= 0.6 is 11.6 Å². The zero-order valence-electron chi connectivity index (χ0n) is 26.8. The summed E-state index contributed by atoms with van der Waals surface area (Å²) in [6.07, 6.45) is 0. The molecule has 0 radical (unpaired) electrons. The number of halogens is 1. The maximum Gasteiger partial charge on any atom is 0.397 e. The predicted octanol–water partition coefficient (Wildman–Crippen LogP) is 3.91. The Morgan fingerprint density at radius 2 is 1.29 bits per heavy atom. The van der Waals surface area contributed by atoms with E-state index in [4.69, 9.17) is 16.2 Å². The summed E-state index contributed by atoms with van der Waals surface area (Å²) in [4.78, 5) is 9.35. The molecule has 292 valence electrons. The molecule has 55 heavy (non-hydrogen) atoms. The Labute approximate surface area is 316 Å². The number of anilines is 4. The zero-order valence-corrected chi connectivity index (χ0v) is 31.6. The summed E-state index contributed by atoms with van der Waals surface area (Å²) in [5, 5.41) is 12.3. The number of azo groups is 1. The van der Waals surface area contributed by atoms with E-state index >= 15 is 0 Å². The molecule has 0 atom stereocenters. The molecule has 0 saturated carbocycles. The van der Waals surface area contributed by atoms with Gasteiger partial charge in [0.2, 0.25) is 17.2 Å². The molecular formula is C27H22ClN7O15S5. The van der Waals surface area contributed by atoms with Crippen molar-refractivity contribution in [1.29, 1.82) is 0 Å². The van der Waals surface area contributed by atoms with Crippen molar-refractivity contribution >= 4 is 108 Å². The fourth-order valence-corrected chi connectivity index (χ4v) is 7.95. The minimum Gasteiger partial charge on any atom is -0.324 e. The molecule has 5 aromatic rings. The molecular weight excluding hydrogens is 858 g/mol. The molecule has 0 spiro atoms. The largest absolute Gasteiger partial charge is 0.397 e. The van der Waals surface area contributed by atoms with Crippen LogP contribution < -0.4 is 10.6 Å². The van der Waals surface area contributed by atoms with Crippen LogP contribution in [-0.4, -0.2) is 87.6 Å². The Kier molecular flexibility index (Phi) is 11.6. The highest BCUT2D eigenvalue weighted by molar-refractivity contribution is 7.91. The van der Waals surface area contributed by atoms with E-state index in [0.29, 0.717) is 0 Å². The molecule has 5 rings (SSSR count). The fourth-order valence-electron chi connectivity index (χ4n) is 4.55. The summed E-state index contributed by atoms with van der Waals surface area (Å²) in [5.74, 6) is -1.55. The molecule has 0 fully saturated rings. The minimum atomic E-state index is -5.13. The van der Waals surface area contributed by atoms with Gasteiger partial charge in [-0.1, -0.05) is 12.1 Å². The highest BCUT2D eigenvalue weighted by Gasteiger charge is 2.22. The van der Waals surface area contributed by atoms with Gasteiger partial charge >= 0.3 is 10.4 Å². The van der Waals surface area contributed by atoms with E-state index in [0.717, 1.165) is 48.5 Å². The van der Waals surface area contributed by atoms with Crippen molar-refractivity contribution in [3.05, 3.63) is 78.1 Å². The number of nitrogens with one attached hydrogen (secondary N) is 2. The van der Waals surface area contributed by atoms with Gasteiger partial charge in [-0.25, -0.2) is 12.6 Å². The first-order valence-electron chi connectivity index (χ1n) is 14.3. The molecule has 6 N–H and O–H groups in total. The number of benzene rings is 4. The summed E-state index contributed by atoms with van der Waals surface area (Å²) >= 11 is 6.07. The minimum absolute atomic E-state index is 0.0455. The van der Waals surface area contributed by atoms with Crippen LogP contribution in [0.1, 0.15) is 0 Å². The van der Waals surface area contributed by atoms with E-state index in [-0.39, 0.29) is 39.7 Å². The SMILES string of the molecule is O=S(=O)(O)OCCS(=O)(=O)c1cccc(N=Nc2cc3c(Nc4nc(Cl)nc(Nc5cccc(S(=O)(=O)O)c5)n4)cc(S(=O)(=O)O)cc3cc2S(=O)(=O)O)c1. The Morgan fingerprint density at radius 1 is 0.655 bits per heavy atom. The van der Waals surface area contributed by atoms with Gasteiger partial charge in [0.05, 0.1) is 38.4 Å². The van der Waals surface area contributed by atoms with Gasteiger partial charge in [-0.15, -0.1) is 5.11 Å². The van der Waals surface area contributed by atoms with E-state index < -0.39 is 93.5 Å².